The third-order valence-electron chi connectivity index (χ3n) is 4.16. The smallest absolute Gasteiger partial charge is 0.303 e. The first-order chi connectivity index (χ1) is 11.5. The van der Waals surface area contributed by atoms with E-state index in [0.717, 1.165) is 37.0 Å². The second-order valence-corrected chi connectivity index (χ2v) is 6.02. The van der Waals surface area contributed by atoms with E-state index in [2.05, 4.69) is 10.00 Å². The van der Waals surface area contributed by atoms with Gasteiger partial charge in [0, 0.05) is 38.2 Å². The van der Waals surface area contributed by atoms with Crippen LogP contribution in [0.15, 0.2) is 24.3 Å². The van der Waals surface area contributed by atoms with Crippen molar-refractivity contribution in [3.8, 4) is 0 Å². The summed E-state index contributed by atoms with van der Waals surface area (Å²) in [6.07, 6.45) is 1.30. The molecule has 1 N–H and O–H groups in total. The van der Waals surface area contributed by atoms with E-state index in [-0.39, 0.29) is 6.42 Å². The molecule has 128 valence electrons. The molecule has 0 atom stereocenters. The summed E-state index contributed by atoms with van der Waals surface area (Å²) >= 11 is 0. The van der Waals surface area contributed by atoms with E-state index in [1.165, 1.54) is 6.07 Å². The number of benzene rings is 1. The number of aromatic nitrogens is 2. The average Bonchev–Trinajstić information content (AvgIpc) is 2.82. The molecule has 2 aromatic rings. The fourth-order valence-corrected chi connectivity index (χ4v) is 2.99. The molecule has 24 heavy (non-hydrogen) atoms. The fraction of sp³-hybridized carbons (Fsp3) is 0.412. The third kappa shape index (κ3) is 3.79. The van der Waals surface area contributed by atoms with Crippen LogP contribution in [-0.2, 0) is 30.8 Å². The summed E-state index contributed by atoms with van der Waals surface area (Å²) < 4.78 is 29.1. The first-order valence-electron chi connectivity index (χ1n) is 7.95. The third-order valence-corrected chi connectivity index (χ3v) is 4.16. The van der Waals surface area contributed by atoms with Gasteiger partial charge in [-0.2, -0.15) is 5.10 Å². The maximum absolute atomic E-state index is 13.9. The number of halogens is 2. The van der Waals surface area contributed by atoms with Crippen LogP contribution >= 0.6 is 0 Å². The Kier molecular flexibility index (Phi) is 4.89. The number of carboxylic acid groups (broad SMARTS) is 1. The van der Waals surface area contributed by atoms with Crippen molar-refractivity contribution in [2.45, 2.75) is 38.9 Å². The maximum atomic E-state index is 13.9. The summed E-state index contributed by atoms with van der Waals surface area (Å²) in [5, 5.41) is 13.2. The Morgan fingerprint density at radius 2 is 2.12 bits per heavy atom. The van der Waals surface area contributed by atoms with E-state index in [9.17, 15) is 13.6 Å². The van der Waals surface area contributed by atoms with Crippen molar-refractivity contribution in [2.75, 3.05) is 6.54 Å². The van der Waals surface area contributed by atoms with Gasteiger partial charge in [-0.05, 0) is 18.6 Å². The van der Waals surface area contributed by atoms with Crippen LogP contribution in [-0.4, -0.2) is 32.3 Å². The highest BCUT2D eigenvalue weighted by atomic mass is 19.2. The van der Waals surface area contributed by atoms with E-state index in [1.54, 1.807) is 6.07 Å². The van der Waals surface area contributed by atoms with Crippen LogP contribution in [0.4, 0.5) is 8.78 Å². The number of carboxylic acids is 1. The second-order valence-electron chi connectivity index (χ2n) is 6.02. The lowest BCUT2D eigenvalue weighted by atomic mass is 10.1. The van der Waals surface area contributed by atoms with Gasteiger partial charge in [-0.25, -0.2) is 8.78 Å². The van der Waals surface area contributed by atoms with Gasteiger partial charge in [-0.15, -0.1) is 0 Å². The molecule has 0 spiro atoms. The van der Waals surface area contributed by atoms with Crippen LogP contribution in [0, 0.1) is 11.6 Å². The Labute approximate surface area is 138 Å². The zero-order chi connectivity index (χ0) is 17.1. The summed E-state index contributed by atoms with van der Waals surface area (Å²) in [6.45, 7) is 2.42. The second kappa shape index (κ2) is 7.09. The van der Waals surface area contributed by atoms with Gasteiger partial charge >= 0.3 is 5.97 Å². The summed E-state index contributed by atoms with van der Waals surface area (Å²) in [5.41, 5.74) is 2.07. The van der Waals surface area contributed by atoms with Crippen molar-refractivity contribution >= 4 is 5.97 Å². The molecule has 0 unspecified atom stereocenters. The van der Waals surface area contributed by atoms with Crippen molar-refractivity contribution in [3.05, 3.63) is 52.9 Å². The summed E-state index contributed by atoms with van der Waals surface area (Å²) in [7, 11) is 0. The van der Waals surface area contributed by atoms with E-state index in [1.807, 2.05) is 10.7 Å². The molecule has 1 aromatic heterocycles. The van der Waals surface area contributed by atoms with Gasteiger partial charge < -0.3 is 5.11 Å². The molecule has 1 aliphatic rings. The molecule has 0 saturated carbocycles. The lowest BCUT2D eigenvalue weighted by Crippen LogP contribution is -2.23. The number of hydrogen-bond acceptors (Lipinski definition) is 3. The van der Waals surface area contributed by atoms with Crippen LogP contribution in [0.1, 0.15) is 29.8 Å². The zero-order valence-electron chi connectivity index (χ0n) is 13.2. The number of nitrogens with zero attached hydrogens (tertiary/aromatic N) is 3. The average molecular weight is 335 g/mol. The highest BCUT2D eigenvalue weighted by molar-refractivity contribution is 5.66. The Morgan fingerprint density at radius 3 is 2.92 bits per heavy atom. The van der Waals surface area contributed by atoms with Crippen LogP contribution < -0.4 is 0 Å². The molecular formula is C17H19F2N3O2. The first kappa shape index (κ1) is 16.6. The van der Waals surface area contributed by atoms with Gasteiger partial charge in [-0.1, -0.05) is 12.1 Å². The molecule has 0 fully saturated rings. The molecule has 0 aliphatic carbocycles. The minimum Gasteiger partial charge on any atom is -0.481 e. The van der Waals surface area contributed by atoms with Gasteiger partial charge in [0.15, 0.2) is 11.6 Å². The summed E-state index contributed by atoms with van der Waals surface area (Å²) in [5.74, 6) is -2.47. The van der Waals surface area contributed by atoms with Gasteiger partial charge in [0.25, 0.3) is 0 Å². The first-order valence-corrected chi connectivity index (χ1v) is 7.95. The minimum absolute atomic E-state index is 0.0503. The van der Waals surface area contributed by atoms with Crippen LogP contribution in [0.2, 0.25) is 0 Å². The van der Waals surface area contributed by atoms with Crippen molar-refractivity contribution < 1.29 is 18.7 Å². The fourth-order valence-electron chi connectivity index (χ4n) is 2.99. The molecular weight excluding hydrogens is 316 g/mol. The largest absolute Gasteiger partial charge is 0.481 e. The number of aliphatic carboxylic acids is 1. The Balaban J connectivity index is 1.72. The van der Waals surface area contributed by atoms with Crippen molar-refractivity contribution in [3.63, 3.8) is 0 Å². The molecule has 0 radical (unpaired) electrons. The molecule has 5 nitrogen and oxygen atoms in total. The Hall–Kier alpha value is -2.28. The topological polar surface area (TPSA) is 58.4 Å². The van der Waals surface area contributed by atoms with E-state index in [0.29, 0.717) is 25.1 Å². The van der Waals surface area contributed by atoms with Crippen molar-refractivity contribution in [1.82, 2.24) is 14.7 Å². The van der Waals surface area contributed by atoms with E-state index in [4.69, 9.17) is 5.11 Å². The number of carbonyl (C=O) groups is 1. The molecule has 2 heterocycles. The summed E-state index contributed by atoms with van der Waals surface area (Å²) in [4.78, 5) is 12.7. The van der Waals surface area contributed by atoms with Crippen molar-refractivity contribution in [2.24, 2.45) is 0 Å². The lowest BCUT2D eigenvalue weighted by Gasteiger charge is -2.19. The van der Waals surface area contributed by atoms with E-state index < -0.39 is 17.6 Å². The minimum atomic E-state index is -0.846. The highest BCUT2D eigenvalue weighted by Crippen LogP contribution is 2.19. The van der Waals surface area contributed by atoms with Gasteiger partial charge in [0.1, 0.15) is 0 Å². The number of rotatable bonds is 5. The van der Waals surface area contributed by atoms with Gasteiger partial charge in [0.2, 0.25) is 0 Å². The van der Waals surface area contributed by atoms with Crippen LogP contribution in [0.5, 0.6) is 0 Å². The molecule has 0 amide bonds. The summed E-state index contributed by atoms with van der Waals surface area (Å²) in [6, 6.07) is 6.13. The molecule has 0 saturated heterocycles. The molecule has 3 rings (SSSR count). The van der Waals surface area contributed by atoms with Gasteiger partial charge in [0.05, 0.1) is 17.8 Å². The lowest BCUT2D eigenvalue weighted by molar-refractivity contribution is -0.136. The number of aryl methyl sites for hydroxylation is 2. The quantitative estimate of drug-likeness (QED) is 0.912. The Morgan fingerprint density at radius 1 is 1.29 bits per heavy atom. The molecule has 1 aliphatic heterocycles. The van der Waals surface area contributed by atoms with Crippen LogP contribution in [0.3, 0.4) is 0 Å². The zero-order valence-corrected chi connectivity index (χ0v) is 13.2. The predicted octanol–water partition coefficient (Wildman–Crippen LogP) is 2.58. The van der Waals surface area contributed by atoms with Gasteiger partial charge in [-0.3, -0.25) is 14.4 Å². The normalized spacial score (nSPS) is 15.1. The maximum Gasteiger partial charge on any atom is 0.303 e. The molecule has 1 aromatic carbocycles. The van der Waals surface area contributed by atoms with E-state index >= 15 is 0 Å². The highest BCUT2D eigenvalue weighted by Gasteiger charge is 2.19. The monoisotopic (exact) mass is 335 g/mol. The van der Waals surface area contributed by atoms with Crippen molar-refractivity contribution in [1.29, 1.82) is 0 Å². The molecule has 7 heteroatoms. The number of hydrogen-bond donors (Lipinski definition) is 1. The predicted molar refractivity (Wildman–Crippen MR) is 83.3 cm³/mol. The van der Waals surface area contributed by atoms with Crippen LogP contribution in [0.25, 0.3) is 0 Å². The number of fused-ring (bicyclic) bond motifs is 1. The molecule has 0 bridgehead atoms. The Bertz CT molecular complexity index is 745. The SMILES string of the molecule is O=C(O)CCc1cc2n(n1)CCCN(Cc1cccc(F)c1F)C2. The standard InChI is InChI=1S/C17H19F2N3O2/c18-15-4-1-3-12(17(15)19)10-21-7-2-8-22-14(11-21)9-13(20-22)5-6-16(23)24/h1,3-4,9H,2,5-8,10-11H2,(H,23,24).